The number of aryl methyl sites for hydroxylation is 2. The van der Waals surface area contributed by atoms with Crippen LogP contribution in [0.1, 0.15) is 22.3 Å². The van der Waals surface area contributed by atoms with Crippen molar-refractivity contribution in [2.24, 2.45) is 0 Å². The van der Waals surface area contributed by atoms with Gasteiger partial charge < -0.3 is 9.32 Å². The first kappa shape index (κ1) is 15.2. The number of rotatable bonds is 1. The molecule has 5 rings (SSSR count). The molecule has 2 aliphatic rings. The fraction of sp³-hybridized carbons (Fsp3) is 0.286. The molecule has 25 heavy (non-hydrogen) atoms. The van der Waals surface area contributed by atoms with E-state index in [1.54, 1.807) is 6.07 Å². The first-order valence-corrected chi connectivity index (χ1v) is 9.42. The molecule has 0 saturated carbocycles. The van der Waals surface area contributed by atoms with E-state index in [0.717, 1.165) is 33.8 Å². The molecular weight excluding hydrogens is 378 g/mol. The molecule has 2 unspecified atom stereocenters. The van der Waals surface area contributed by atoms with Gasteiger partial charge in [0.2, 0.25) is 0 Å². The predicted molar refractivity (Wildman–Crippen MR) is 104 cm³/mol. The second-order valence-corrected chi connectivity index (χ2v) is 8.09. The van der Waals surface area contributed by atoms with Gasteiger partial charge in [-0.3, -0.25) is 0 Å². The fourth-order valence-electron chi connectivity index (χ4n) is 4.31. The molecule has 0 spiro atoms. The Morgan fingerprint density at radius 1 is 1.08 bits per heavy atom. The van der Waals surface area contributed by atoms with Gasteiger partial charge in [-0.2, -0.15) is 0 Å². The molecule has 1 aromatic heterocycles. The van der Waals surface area contributed by atoms with E-state index in [1.807, 2.05) is 6.92 Å². The number of hydrogen-bond acceptors (Lipinski definition) is 3. The zero-order valence-corrected chi connectivity index (χ0v) is 15.8. The molecule has 3 nitrogen and oxygen atoms in total. The molecule has 4 heteroatoms. The van der Waals surface area contributed by atoms with Crippen LogP contribution in [0.25, 0.3) is 11.0 Å². The summed E-state index contributed by atoms with van der Waals surface area (Å²) < 4.78 is 6.76. The van der Waals surface area contributed by atoms with Crippen molar-refractivity contribution in [2.45, 2.75) is 38.8 Å². The summed E-state index contributed by atoms with van der Waals surface area (Å²) >= 11 is 3.71. The first-order chi connectivity index (χ1) is 12.0. The zero-order valence-electron chi connectivity index (χ0n) is 14.2. The Morgan fingerprint density at radius 3 is 2.68 bits per heavy atom. The maximum Gasteiger partial charge on any atom is 0.336 e. The quantitative estimate of drug-likeness (QED) is 0.448. The average molecular weight is 396 g/mol. The summed E-state index contributed by atoms with van der Waals surface area (Å²) in [5, 5.41) is 1.06. The maximum atomic E-state index is 11.9. The smallest absolute Gasteiger partial charge is 0.336 e. The molecule has 0 amide bonds. The third-order valence-electron chi connectivity index (χ3n) is 5.61. The van der Waals surface area contributed by atoms with Crippen molar-refractivity contribution < 1.29 is 4.42 Å². The average Bonchev–Trinajstić information content (AvgIpc) is 3.25. The van der Waals surface area contributed by atoms with E-state index in [4.69, 9.17) is 4.42 Å². The fourth-order valence-corrected chi connectivity index (χ4v) is 5.01. The lowest BCUT2D eigenvalue weighted by Crippen LogP contribution is -2.13. The minimum Gasteiger partial charge on any atom is -0.422 e. The van der Waals surface area contributed by atoms with Crippen LogP contribution < -0.4 is 10.5 Å². The number of fused-ring (bicyclic) bond motifs is 4. The molecule has 2 atom stereocenters. The van der Waals surface area contributed by atoms with Gasteiger partial charge in [0.1, 0.15) is 5.58 Å². The van der Waals surface area contributed by atoms with Crippen LogP contribution in [0, 0.1) is 13.8 Å². The number of halogens is 1. The van der Waals surface area contributed by atoms with Crippen LogP contribution in [0.3, 0.4) is 0 Å². The highest BCUT2D eigenvalue weighted by atomic mass is 79.9. The van der Waals surface area contributed by atoms with Crippen LogP contribution in [0.5, 0.6) is 0 Å². The topological polar surface area (TPSA) is 33.2 Å². The summed E-state index contributed by atoms with van der Waals surface area (Å²) in [6.07, 6.45) is 1.94. The molecule has 3 aromatic rings. The second kappa shape index (κ2) is 5.21. The molecule has 1 aliphatic heterocycles. The van der Waals surface area contributed by atoms with E-state index in [-0.39, 0.29) is 5.63 Å². The van der Waals surface area contributed by atoms with Gasteiger partial charge >= 0.3 is 5.63 Å². The summed E-state index contributed by atoms with van der Waals surface area (Å²) in [4.78, 5) is 14.4. The van der Waals surface area contributed by atoms with Gasteiger partial charge in [0, 0.05) is 21.5 Å². The summed E-state index contributed by atoms with van der Waals surface area (Å²) in [6.45, 7) is 4.08. The van der Waals surface area contributed by atoms with Crippen molar-refractivity contribution >= 4 is 32.6 Å². The van der Waals surface area contributed by atoms with Crippen molar-refractivity contribution in [1.29, 1.82) is 0 Å². The molecule has 126 valence electrons. The normalized spacial score (nSPS) is 21.2. The second-order valence-electron chi connectivity index (χ2n) is 7.23. The largest absolute Gasteiger partial charge is 0.422 e. The summed E-state index contributed by atoms with van der Waals surface area (Å²) in [7, 11) is 0. The minimum atomic E-state index is -0.255. The van der Waals surface area contributed by atoms with Crippen LogP contribution in [0.4, 0.5) is 5.69 Å². The maximum absolute atomic E-state index is 11.9. The monoisotopic (exact) mass is 395 g/mol. The highest BCUT2D eigenvalue weighted by Gasteiger charge is 2.51. The van der Waals surface area contributed by atoms with Gasteiger partial charge in [-0.15, -0.1) is 0 Å². The molecule has 2 aromatic carbocycles. The molecule has 2 heterocycles. The van der Waals surface area contributed by atoms with Gasteiger partial charge in [0.15, 0.2) is 0 Å². The first-order valence-electron chi connectivity index (χ1n) is 8.62. The lowest BCUT2D eigenvalue weighted by molar-refractivity contribution is 0.553. The third kappa shape index (κ3) is 2.27. The Labute approximate surface area is 154 Å². The molecule has 1 fully saturated rings. The molecule has 1 aliphatic carbocycles. The van der Waals surface area contributed by atoms with E-state index < -0.39 is 0 Å². The van der Waals surface area contributed by atoms with Crippen molar-refractivity contribution in [3.05, 3.63) is 73.5 Å². The van der Waals surface area contributed by atoms with Crippen LogP contribution in [-0.2, 0) is 12.8 Å². The van der Waals surface area contributed by atoms with Crippen molar-refractivity contribution in [1.82, 2.24) is 0 Å². The van der Waals surface area contributed by atoms with E-state index in [0.29, 0.717) is 12.1 Å². The zero-order chi connectivity index (χ0) is 17.3. The highest BCUT2D eigenvalue weighted by molar-refractivity contribution is 9.10. The highest BCUT2D eigenvalue weighted by Crippen LogP contribution is 2.47. The Balaban J connectivity index is 1.57. The molecular formula is C21H18BrNO2. The van der Waals surface area contributed by atoms with Gasteiger partial charge in [-0.1, -0.05) is 18.2 Å². The van der Waals surface area contributed by atoms with Crippen molar-refractivity contribution in [3.8, 4) is 0 Å². The number of benzene rings is 2. The van der Waals surface area contributed by atoms with E-state index in [9.17, 15) is 4.79 Å². The van der Waals surface area contributed by atoms with Crippen LogP contribution in [0.2, 0.25) is 0 Å². The molecule has 1 saturated heterocycles. The van der Waals surface area contributed by atoms with Gasteiger partial charge in [-0.05, 0) is 71.4 Å². The van der Waals surface area contributed by atoms with Gasteiger partial charge in [-0.25, -0.2) is 4.79 Å². The lowest BCUT2D eigenvalue weighted by atomic mass is 9.89. The van der Waals surface area contributed by atoms with Crippen LogP contribution in [-0.4, -0.2) is 12.1 Å². The Morgan fingerprint density at radius 2 is 1.88 bits per heavy atom. The van der Waals surface area contributed by atoms with E-state index >= 15 is 0 Å². The summed E-state index contributed by atoms with van der Waals surface area (Å²) in [5.41, 5.74) is 6.57. The van der Waals surface area contributed by atoms with E-state index in [1.165, 1.54) is 22.4 Å². The van der Waals surface area contributed by atoms with Crippen LogP contribution >= 0.6 is 15.9 Å². The van der Waals surface area contributed by atoms with Gasteiger partial charge in [0.05, 0.1) is 17.8 Å². The molecule has 0 radical (unpaired) electrons. The van der Waals surface area contributed by atoms with Crippen LogP contribution in [0.15, 0.2) is 50.1 Å². The van der Waals surface area contributed by atoms with Crippen molar-refractivity contribution in [2.75, 3.05) is 4.90 Å². The lowest BCUT2D eigenvalue weighted by Gasteiger charge is -2.14. The van der Waals surface area contributed by atoms with Gasteiger partial charge in [0.25, 0.3) is 0 Å². The van der Waals surface area contributed by atoms with Crippen molar-refractivity contribution in [3.63, 3.8) is 0 Å². The third-order valence-corrected chi connectivity index (χ3v) is 6.25. The number of nitrogens with zero attached hydrogens (tertiary/aromatic N) is 1. The molecule has 0 bridgehead atoms. The SMILES string of the molecule is Cc1ccc(N2C3Cc4ccc5c(C)cc(=O)oc5c4CC32)c(Br)c1. The predicted octanol–water partition coefficient (Wildman–Crippen LogP) is 4.53. The van der Waals surface area contributed by atoms with E-state index in [2.05, 4.69) is 58.1 Å². The summed E-state index contributed by atoms with van der Waals surface area (Å²) in [6, 6.07) is 13.4. The Hall–Kier alpha value is -2.07. The summed E-state index contributed by atoms with van der Waals surface area (Å²) in [5.74, 6) is 0. The Bertz CT molecular complexity index is 1090. The number of anilines is 1. The Kier molecular flexibility index (Phi) is 3.17. The standard InChI is InChI=1S/C21H18BrNO2/c1-11-3-6-17(16(22)7-11)23-18-9-13-4-5-14-12(2)8-20(24)25-21(14)15(13)10-19(18)23/h3-8,18-19H,9-10H2,1-2H3. The minimum absolute atomic E-state index is 0.255. The number of hydrogen-bond donors (Lipinski definition) is 0. The molecule has 0 N–H and O–H groups in total.